The van der Waals surface area contributed by atoms with Crippen LogP contribution in [0.1, 0.15) is 24.3 Å². The van der Waals surface area contributed by atoms with Gasteiger partial charge in [-0.3, -0.25) is 4.79 Å². The summed E-state index contributed by atoms with van der Waals surface area (Å²) in [5, 5.41) is 8.99. The number of aromatic amines is 1. The molecule has 0 bridgehead atoms. The van der Waals surface area contributed by atoms with E-state index in [1.807, 2.05) is 4.98 Å². The van der Waals surface area contributed by atoms with E-state index in [9.17, 15) is 18.0 Å². The standard InChI is InChI=1S/C7H7F3N2O2/c1-3(13)4-5(7(8,9)10)11-2-12-6(4)14/h2-3,13H,1H3,(H,11,12,14). The van der Waals surface area contributed by atoms with Gasteiger partial charge in [-0.25, -0.2) is 4.98 Å². The fraction of sp³-hybridized carbons (Fsp3) is 0.429. The first-order valence-corrected chi connectivity index (χ1v) is 3.67. The summed E-state index contributed by atoms with van der Waals surface area (Å²) in [6, 6.07) is 0. The predicted octanol–water partition coefficient (Wildman–Crippen LogP) is 0.842. The highest BCUT2D eigenvalue weighted by atomic mass is 19.4. The van der Waals surface area contributed by atoms with E-state index < -0.39 is 29.1 Å². The van der Waals surface area contributed by atoms with Crippen LogP contribution < -0.4 is 5.56 Å². The molecule has 1 unspecified atom stereocenters. The first-order valence-electron chi connectivity index (χ1n) is 3.67. The van der Waals surface area contributed by atoms with Gasteiger partial charge in [0.2, 0.25) is 0 Å². The average molecular weight is 208 g/mol. The SMILES string of the molecule is CC(O)c1c(C(F)(F)F)nc[nH]c1=O. The average Bonchev–Trinajstić information content (AvgIpc) is 2.01. The fourth-order valence-corrected chi connectivity index (χ4v) is 1.02. The maximum atomic E-state index is 12.3. The van der Waals surface area contributed by atoms with Gasteiger partial charge in [-0.05, 0) is 6.92 Å². The van der Waals surface area contributed by atoms with Gasteiger partial charge >= 0.3 is 6.18 Å². The van der Waals surface area contributed by atoms with E-state index in [4.69, 9.17) is 5.11 Å². The van der Waals surface area contributed by atoms with Crippen LogP contribution >= 0.6 is 0 Å². The third kappa shape index (κ3) is 1.92. The van der Waals surface area contributed by atoms with Crippen LogP contribution in [-0.2, 0) is 6.18 Å². The highest BCUT2D eigenvalue weighted by Gasteiger charge is 2.37. The Labute approximate surface area is 76.4 Å². The summed E-state index contributed by atoms with van der Waals surface area (Å²) >= 11 is 0. The molecule has 0 spiro atoms. The Kier molecular flexibility index (Phi) is 2.61. The second kappa shape index (κ2) is 3.41. The molecule has 14 heavy (non-hydrogen) atoms. The summed E-state index contributed by atoms with van der Waals surface area (Å²) in [7, 11) is 0. The van der Waals surface area contributed by atoms with E-state index in [1.54, 1.807) is 0 Å². The van der Waals surface area contributed by atoms with Gasteiger partial charge in [0, 0.05) is 0 Å². The van der Waals surface area contributed by atoms with Gasteiger partial charge in [-0.2, -0.15) is 13.2 Å². The lowest BCUT2D eigenvalue weighted by atomic mass is 10.1. The molecule has 1 aromatic rings. The van der Waals surface area contributed by atoms with Crippen molar-refractivity contribution in [2.24, 2.45) is 0 Å². The molecule has 1 aromatic heterocycles. The van der Waals surface area contributed by atoms with Gasteiger partial charge < -0.3 is 10.1 Å². The third-order valence-corrected chi connectivity index (χ3v) is 1.58. The molecule has 2 N–H and O–H groups in total. The first kappa shape index (κ1) is 10.7. The maximum absolute atomic E-state index is 12.3. The van der Waals surface area contributed by atoms with Crippen molar-refractivity contribution in [1.29, 1.82) is 0 Å². The number of hydrogen-bond acceptors (Lipinski definition) is 3. The van der Waals surface area contributed by atoms with Crippen LogP contribution in [0.4, 0.5) is 13.2 Å². The Hall–Kier alpha value is -1.37. The van der Waals surface area contributed by atoms with Crippen LogP contribution in [0.2, 0.25) is 0 Å². The van der Waals surface area contributed by atoms with Crippen molar-refractivity contribution in [3.05, 3.63) is 27.9 Å². The van der Waals surface area contributed by atoms with E-state index in [-0.39, 0.29) is 0 Å². The molecule has 0 aliphatic heterocycles. The molecule has 78 valence electrons. The van der Waals surface area contributed by atoms with Crippen LogP contribution in [-0.4, -0.2) is 15.1 Å². The maximum Gasteiger partial charge on any atom is 0.433 e. The van der Waals surface area contributed by atoms with Crippen molar-refractivity contribution in [2.45, 2.75) is 19.2 Å². The molecule has 0 aliphatic carbocycles. The summed E-state index contributed by atoms with van der Waals surface area (Å²) in [5.41, 5.74) is -3.10. The molecule has 0 aromatic carbocycles. The minimum absolute atomic E-state index is 0.650. The number of aliphatic hydroxyl groups is 1. The normalized spacial score (nSPS) is 14.1. The molecular weight excluding hydrogens is 201 g/mol. The summed E-state index contributed by atoms with van der Waals surface area (Å²) in [6.45, 7) is 1.07. The second-order valence-electron chi connectivity index (χ2n) is 2.67. The number of aliphatic hydroxyl groups excluding tert-OH is 1. The van der Waals surface area contributed by atoms with Gasteiger partial charge in [0.15, 0.2) is 5.69 Å². The number of halogens is 3. The second-order valence-corrected chi connectivity index (χ2v) is 2.67. The molecule has 1 heterocycles. The Balaban J connectivity index is 3.44. The van der Waals surface area contributed by atoms with Crippen molar-refractivity contribution >= 4 is 0 Å². The fourth-order valence-electron chi connectivity index (χ4n) is 1.02. The van der Waals surface area contributed by atoms with Gasteiger partial charge in [-0.1, -0.05) is 0 Å². The van der Waals surface area contributed by atoms with E-state index in [0.29, 0.717) is 6.33 Å². The molecule has 0 saturated carbocycles. The number of aromatic nitrogens is 2. The quantitative estimate of drug-likeness (QED) is 0.718. The Bertz CT molecular complexity index is 383. The van der Waals surface area contributed by atoms with Gasteiger partial charge in [0.1, 0.15) is 0 Å². The largest absolute Gasteiger partial charge is 0.433 e. The summed E-state index contributed by atoms with van der Waals surface area (Å²) in [6.07, 6.45) is -5.60. The summed E-state index contributed by atoms with van der Waals surface area (Å²) in [5.74, 6) is 0. The number of rotatable bonds is 1. The molecule has 0 radical (unpaired) electrons. The molecule has 0 amide bonds. The van der Waals surface area contributed by atoms with Crippen LogP contribution in [0.25, 0.3) is 0 Å². The third-order valence-electron chi connectivity index (χ3n) is 1.58. The molecule has 0 aliphatic rings. The van der Waals surface area contributed by atoms with E-state index in [2.05, 4.69) is 4.98 Å². The molecule has 7 heteroatoms. The Morgan fingerprint density at radius 2 is 2.14 bits per heavy atom. The van der Waals surface area contributed by atoms with Crippen molar-refractivity contribution in [3.8, 4) is 0 Å². The lowest BCUT2D eigenvalue weighted by molar-refractivity contribution is -0.143. The minimum atomic E-state index is -4.74. The van der Waals surface area contributed by atoms with Crippen LogP contribution in [0.15, 0.2) is 11.1 Å². The topological polar surface area (TPSA) is 66.0 Å². The molecule has 4 nitrogen and oxygen atoms in total. The first-order chi connectivity index (χ1) is 6.34. The Morgan fingerprint density at radius 3 is 2.50 bits per heavy atom. The summed E-state index contributed by atoms with van der Waals surface area (Å²) < 4.78 is 36.8. The number of alkyl halides is 3. The predicted molar refractivity (Wildman–Crippen MR) is 40.5 cm³/mol. The molecule has 1 atom stereocenters. The highest BCUT2D eigenvalue weighted by Crippen LogP contribution is 2.30. The van der Waals surface area contributed by atoms with Crippen molar-refractivity contribution in [3.63, 3.8) is 0 Å². The summed E-state index contributed by atoms with van der Waals surface area (Å²) in [4.78, 5) is 15.9. The number of nitrogens with one attached hydrogen (secondary N) is 1. The van der Waals surface area contributed by atoms with E-state index in [1.165, 1.54) is 0 Å². The lowest BCUT2D eigenvalue weighted by Crippen LogP contribution is -2.24. The smallest absolute Gasteiger partial charge is 0.388 e. The van der Waals surface area contributed by atoms with Gasteiger partial charge in [-0.15, -0.1) is 0 Å². The van der Waals surface area contributed by atoms with Crippen molar-refractivity contribution in [2.75, 3.05) is 0 Å². The van der Waals surface area contributed by atoms with E-state index >= 15 is 0 Å². The zero-order valence-corrected chi connectivity index (χ0v) is 7.09. The highest BCUT2D eigenvalue weighted by molar-refractivity contribution is 5.21. The number of H-pyrrole nitrogens is 1. The van der Waals surface area contributed by atoms with Gasteiger partial charge in [0.25, 0.3) is 5.56 Å². The zero-order chi connectivity index (χ0) is 10.9. The van der Waals surface area contributed by atoms with Gasteiger partial charge in [0.05, 0.1) is 18.0 Å². The molecule has 0 saturated heterocycles. The van der Waals surface area contributed by atoms with Crippen LogP contribution in [0, 0.1) is 0 Å². The molecule has 0 fully saturated rings. The number of nitrogens with zero attached hydrogens (tertiary/aromatic N) is 1. The van der Waals surface area contributed by atoms with Crippen molar-refractivity contribution < 1.29 is 18.3 Å². The lowest BCUT2D eigenvalue weighted by Gasteiger charge is -2.11. The van der Waals surface area contributed by atoms with Crippen molar-refractivity contribution in [1.82, 2.24) is 9.97 Å². The Morgan fingerprint density at radius 1 is 1.57 bits per heavy atom. The van der Waals surface area contributed by atoms with E-state index in [0.717, 1.165) is 6.92 Å². The molecular formula is C7H7F3N2O2. The monoisotopic (exact) mass is 208 g/mol. The van der Waals surface area contributed by atoms with Crippen LogP contribution in [0.5, 0.6) is 0 Å². The van der Waals surface area contributed by atoms with Crippen LogP contribution in [0.3, 0.4) is 0 Å². The zero-order valence-electron chi connectivity index (χ0n) is 7.09. The minimum Gasteiger partial charge on any atom is -0.388 e. The number of hydrogen-bond donors (Lipinski definition) is 2. The molecule has 1 rings (SSSR count).